The summed E-state index contributed by atoms with van der Waals surface area (Å²) in [5, 5.41) is 19.0. The Morgan fingerprint density at radius 2 is 0.794 bits per heavy atom. The molecule has 0 atom stereocenters. The molecule has 0 fully saturated rings. The first-order valence-electron chi connectivity index (χ1n) is 23.1. The van der Waals surface area contributed by atoms with Gasteiger partial charge in [-0.05, 0) is 113 Å². The fraction of sp³-hybridized carbons (Fsp3) is 0. The van der Waals surface area contributed by atoms with Crippen molar-refractivity contribution in [3.63, 3.8) is 0 Å². The molecule has 314 valence electrons. The largest absolute Gasteiger partial charge is 0.308 e. The molecule has 68 heavy (non-hydrogen) atoms. The molecule has 3 heterocycles. The summed E-state index contributed by atoms with van der Waals surface area (Å²) in [6.45, 7) is 0. The van der Waals surface area contributed by atoms with Gasteiger partial charge in [0.15, 0.2) is 17.5 Å². The monoisotopic (exact) mass is 880 g/mol. The molecule has 15 aromatic rings. The van der Waals surface area contributed by atoms with Gasteiger partial charge in [-0.2, -0.15) is 0 Å². The third-order valence-electron chi connectivity index (χ3n) is 14.1. The second-order valence-electron chi connectivity index (χ2n) is 17.9. The lowest BCUT2D eigenvalue weighted by molar-refractivity contribution is 1.08. The van der Waals surface area contributed by atoms with Crippen LogP contribution in [-0.2, 0) is 0 Å². The van der Waals surface area contributed by atoms with Gasteiger partial charge in [0, 0.05) is 47.6 Å². The average molecular weight is 881 g/mol. The van der Waals surface area contributed by atoms with Crippen LogP contribution in [-0.4, -0.2) is 19.5 Å². The molecule has 0 saturated heterocycles. The molecule has 12 aromatic carbocycles. The molecule has 0 spiro atoms. The lowest BCUT2D eigenvalue weighted by Gasteiger charge is -2.16. The predicted octanol–water partition coefficient (Wildman–Crippen LogP) is 17.3. The van der Waals surface area contributed by atoms with Crippen molar-refractivity contribution in [1.82, 2.24) is 19.5 Å². The van der Waals surface area contributed by atoms with Crippen LogP contribution < -0.4 is 0 Å². The van der Waals surface area contributed by atoms with Crippen molar-refractivity contribution in [3.05, 3.63) is 218 Å². The first kappa shape index (κ1) is 37.5. The van der Waals surface area contributed by atoms with Crippen molar-refractivity contribution in [1.29, 1.82) is 0 Å². The second-order valence-corrected chi connectivity index (χ2v) is 19.0. The first-order valence-corrected chi connectivity index (χ1v) is 23.9. The van der Waals surface area contributed by atoms with Crippen LogP contribution in [0.3, 0.4) is 0 Å². The zero-order valence-electron chi connectivity index (χ0n) is 36.5. The topological polar surface area (TPSA) is 43.6 Å². The molecule has 0 N–H and O–H groups in total. The molecule has 0 bridgehead atoms. The fourth-order valence-electron chi connectivity index (χ4n) is 11.1. The van der Waals surface area contributed by atoms with Gasteiger partial charge in [0.25, 0.3) is 0 Å². The molecule has 0 unspecified atom stereocenters. The maximum Gasteiger partial charge on any atom is 0.164 e. The maximum atomic E-state index is 5.56. The second kappa shape index (κ2) is 14.4. The molecule has 4 nitrogen and oxygen atoms in total. The molecule has 0 saturated carbocycles. The lowest BCUT2D eigenvalue weighted by Crippen LogP contribution is -2.02. The van der Waals surface area contributed by atoms with E-state index in [1.807, 2.05) is 11.3 Å². The summed E-state index contributed by atoms with van der Waals surface area (Å²) in [5.74, 6) is 1.89. The molecule has 0 aliphatic rings. The van der Waals surface area contributed by atoms with Gasteiger partial charge in [-0.15, -0.1) is 11.3 Å². The summed E-state index contributed by atoms with van der Waals surface area (Å²) in [5.41, 5.74) is 6.28. The molecule has 3 aromatic heterocycles. The molecule has 15 rings (SSSR count). The zero-order chi connectivity index (χ0) is 44.5. The van der Waals surface area contributed by atoms with Crippen molar-refractivity contribution in [3.8, 4) is 39.9 Å². The number of thiophene rings is 1. The highest BCUT2D eigenvalue weighted by Crippen LogP contribution is 2.46. The number of aromatic nitrogens is 4. The van der Waals surface area contributed by atoms with E-state index in [-0.39, 0.29) is 0 Å². The van der Waals surface area contributed by atoms with Gasteiger partial charge in [0.2, 0.25) is 0 Å². The predicted molar refractivity (Wildman–Crippen MR) is 288 cm³/mol. The summed E-state index contributed by atoms with van der Waals surface area (Å²) in [6.07, 6.45) is 0. The molecule has 0 aliphatic heterocycles. The van der Waals surface area contributed by atoms with E-state index in [1.54, 1.807) is 0 Å². The summed E-state index contributed by atoms with van der Waals surface area (Å²) >= 11 is 1.82. The Bertz CT molecular complexity index is 4500. The molecule has 0 aliphatic carbocycles. The van der Waals surface area contributed by atoms with Gasteiger partial charge >= 0.3 is 0 Å². The van der Waals surface area contributed by atoms with E-state index in [0.717, 1.165) is 55.0 Å². The van der Waals surface area contributed by atoms with Gasteiger partial charge in [-0.3, -0.25) is 0 Å². The van der Waals surface area contributed by atoms with Crippen molar-refractivity contribution in [2.24, 2.45) is 0 Å². The molecule has 5 heteroatoms. The van der Waals surface area contributed by atoms with Crippen LogP contribution in [0.4, 0.5) is 0 Å². The van der Waals surface area contributed by atoms with Crippen LogP contribution in [0.25, 0.3) is 146 Å². The minimum Gasteiger partial charge on any atom is -0.308 e. The highest BCUT2D eigenvalue weighted by atomic mass is 32.1. The van der Waals surface area contributed by atoms with Crippen molar-refractivity contribution < 1.29 is 0 Å². The van der Waals surface area contributed by atoms with E-state index in [0.29, 0.717) is 17.5 Å². The summed E-state index contributed by atoms with van der Waals surface area (Å²) < 4.78 is 4.91. The number of rotatable bonds is 4. The van der Waals surface area contributed by atoms with Crippen LogP contribution in [0.1, 0.15) is 0 Å². The number of fused-ring (bicyclic) bond motifs is 15. The van der Waals surface area contributed by atoms with E-state index in [1.165, 1.54) is 74.0 Å². The third kappa shape index (κ3) is 5.51. The smallest absolute Gasteiger partial charge is 0.164 e. The molecular formula is C63H36N4S. The van der Waals surface area contributed by atoms with Crippen LogP contribution in [0.5, 0.6) is 0 Å². The summed E-state index contributed by atoms with van der Waals surface area (Å²) in [7, 11) is 0. The van der Waals surface area contributed by atoms with E-state index in [2.05, 4.69) is 223 Å². The number of hydrogen-bond acceptors (Lipinski definition) is 4. The normalized spacial score (nSPS) is 12.1. The first-order chi connectivity index (χ1) is 33.7. The van der Waals surface area contributed by atoms with Crippen molar-refractivity contribution >= 4 is 118 Å². The Morgan fingerprint density at radius 3 is 1.44 bits per heavy atom. The Morgan fingerprint density at radius 1 is 0.294 bits per heavy atom. The van der Waals surface area contributed by atoms with Gasteiger partial charge in [-0.25, -0.2) is 15.0 Å². The highest BCUT2D eigenvalue weighted by molar-refractivity contribution is 7.26. The highest BCUT2D eigenvalue weighted by Gasteiger charge is 2.23. The maximum absolute atomic E-state index is 5.56. The Balaban J connectivity index is 1.08. The van der Waals surface area contributed by atoms with E-state index < -0.39 is 0 Å². The van der Waals surface area contributed by atoms with E-state index in [4.69, 9.17) is 15.0 Å². The van der Waals surface area contributed by atoms with Crippen LogP contribution in [0.2, 0.25) is 0 Å². The third-order valence-corrected chi connectivity index (χ3v) is 15.3. The molecule has 0 amide bonds. The van der Waals surface area contributed by atoms with Gasteiger partial charge in [-0.1, -0.05) is 170 Å². The quantitative estimate of drug-likeness (QED) is 0.165. The molecular weight excluding hydrogens is 845 g/mol. The van der Waals surface area contributed by atoms with E-state index in [9.17, 15) is 0 Å². The van der Waals surface area contributed by atoms with Crippen LogP contribution in [0.15, 0.2) is 218 Å². The van der Waals surface area contributed by atoms with Gasteiger partial charge < -0.3 is 4.57 Å². The number of benzene rings is 12. The van der Waals surface area contributed by atoms with Gasteiger partial charge in [0.05, 0.1) is 16.7 Å². The molecule has 0 radical (unpaired) electrons. The number of nitrogens with zero attached hydrogens (tertiary/aromatic N) is 4. The fourth-order valence-corrected chi connectivity index (χ4v) is 12.3. The minimum absolute atomic E-state index is 0.622. The zero-order valence-corrected chi connectivity index (χ0v) is 37.3. The lowest BCUT2D eigenvalue weighted by atomic mass is 9.96. The Kier molecular flexibility index (Phi) is 7.91. The van der Waals surface area contributed by atoms with Crippen LogP contribution >= 0.6 is 11.3 Å². The summed E-state index contributed by atoms with van der Waals surface area (Å²) in [4.78, 5) is 16.6. The van der Waals surface area contributed by atoms with E-state index >= 15 is 0 Å². The van der Waals surface area contributed by atoms with Crippen LogP contribution in [0, 0.1) is 0 Å². The van der Waals surface area contributed by atoms with Crippen molar-refractivity contribution in [2.45, 2.75) is 0 Å². The summed E-state index contributed by atoms with van der Waals surface area (Å²) in [6, 6.07) is 79.3. The number of hydrogen-bond donors (Lipinski definition) is 0. The standard InChI is InChI=1S/C63H36N4S/c1-2-17-39-34-55-53(31-38(39)16-1)59-45-22-8-3-15-37(45)29-30-54(59)67(55)56-35-42(36-58-60(56)50-27-13-14-28-57(50)68-58)61-64-62(51-32-40-18-4-6-20-43(40)46-23-9-11-25-48(46)51)66-63(65-61)52-33-41-19-5-7-21-44(41)47-24-10-12-26-49(47)52/h1-36H. The SMILES string of the molecule is c1ccc2cc3c(cc2c1)c1c2ccccc2ccc1n3-c1cc(-c2nc(-c3cc4ccccc4c4ccccc34)nc(-c3cc4ccccc4c4ccccc34)n2)cc2sc3ccccc3c12. The Hall–Kier alpha value is -8.77. The van der Waals surface area contributed by atoms with Gasteiger partial charge in [0.1, 0.15) is 0 Å². The van der Waals surface area contributed by atoms with Crippen molar-refractivity contribution in [2.75, 3.05) is 0 Å². The Labute approximate surface area is 393 Å². The average Bonchev–Trinajstić information content (AvgIpc) is 3.95. The minimum atomic E-state index is 0.622.